The zero-order valence-electron chi connectivity index (χ0n) is 11.3. The number of nitrogens with zero attached hydrogens (tertiary/aromatic N) is 2. The Morgan fingerprint density at radius 3 is 2.85 bits per heavy atom. The highest BCUT2D eigenvalue weighted by molar-refractivity contribution is 6.04. The summed E-state index contributed by atoms with van der Waals surface area (Å²) in [7, 11) is 0. The van der Waals surface area contributed by atoms with Gasteiger partial charge in [-0.25, -0.2) is 0 Å². The van der Waals surface area contributed by atoms with Crippen LogP contribution < -0.4 is 5.32 Å². The highest BCUT2D eigenvalue weighted by Gasteiger charge is 2.35. The predicted molar refractivity (Wildman–Crippen MR) is 76.5 cm³/mol. The molecule has 1 amide bonds. The first-order chi connectivity index (χ1) is 9.81. The van der Waals surface area contributed by atoms with Crippen molar-refractivity contribution in [2.75, 3.05) is 19.6 Å². The molecule has 3 fully saturated rings. The second kappa shape index (κ2) is 4.59. The Balaban J connectivity index is 1.56. The van der Waals surface area contributed by atoms with Crippen molar-refractivity contribution in [3.05, 3.63) is 30.0 Å². The predicted octanol–water partition coefficient (Wildman–Crippen LogP) is 1.39. The molecule has 0 saturated carbocycles. The monoisotopic (exact) mass is 270 g/mol. The van der Waals surface area contributed by atoms with Crippen LogP contribution in [0.1, 0.15) is 23.3 Å². The number of nitrogens with one attached hydrogen (secondary N) is 2. The molecule has 3 aliphatic rings. The molecule has 0 aliphatic carbocycles. The molecule has 0 spiro atoms. The molecule has 20 heavy (non-hydrogen) atoms. The van der Waals surface area contributed by atoms with E-state index in [-0.39, 0.29) is 11.9 Å². The van der Waals surface area contributed by atoms with E-state index in [0.717, 1.165) is 17.4 Å². The molecule has 1 aromatic heterocycles. The van der Waals surface area contributed by atoms with E-state index in [1.807, 2.05) is 24.3 Å². The lowest BCUT2D eigenvalue weighted by Gasteiger charge is -2.44. The van der Waals surface area contributed by atoms with Crippen LogP contribution in [0.2, 0.25) is 0 Å². The third-order valence-electron chi connectivity index (χ3n) is 4.66. The van der Waals surface area contributed by atoms with E-state index in [0.29, 0.717) is 11.6 Å². The van der Waals surface area contributed by atoms with Gasteiger partial charge in [-0.15, -0.1) is 0 Å². The van der Waals surface area contributed by atoms with Crippen LogP contribution in [0, 0.1) is 5.92 Å². The molecule has 1 unspecified atom stereocenters. The number of aromatic amines is 1. The molecule has 3 saturated heterocycles. The first-order valence-electron chi connectivity index (χ1n) is 7.27. The summed E-state index contributed by atoms with van der Waals surface area (Å²) in [5, 5.41) is 11.2. The van der Waals surface area contributed by atoms with Crippen molar-refractivity contribution in [3.8, 4) is 0 Å². The Bertz CT molecular complexity index is 642. The topological polar surface area (TPSA) is 61.0 Å². The molecule has 5 nitrogen and oxygen atoms in total. The second-order valence-corrected chi connectivity index (χ2v) is 5.84. The number of H-pyrrole nitrogens is 1. The lowest BCUT2D eigenvalue weighted by Crippen LogP contribution is -2.57. The molecule has 1 atom stereocenters. The largest absolute Gasteiger partial charge is 0.346 e. The van der Waals surface area contributed by atoms with Gasteiger partial charge in [-0.3, -0.25) is 9.89 Å². The molecular weight excluding hydrogens is 252 g/mol. The lowest BCUT2D eigenvalue weighted by atomic mass is 9.84. The quantitative estimate of drug-likeness (QED) is 0.867. The summed E-state index contributed by atoms with van der Waals surface area (Å²) >= 11 is 0. The van der Waals surface area contributed by atoms with E-state index in [2.05, 4.69) is 20.4 Å². The van der Waals surface area contributed by atoms with Gasteiger partial charge in [-0.1, -0.05) is 18.2 Å². The van der Waals surface area contributed by atoms with Crippen LogP contribution in [0.5, 0.6) is 0 Å². The van der Waals surface area contributed by atoms with Gasteiger partial charge in [-0.05, 0) is 37.9 Å². The SMILES string of the molecule is O=C(NC1CN2CCC1CC2)c1n[nH]c2ccccc12. The summed E-state index contributed by atoms with van der Waals surface area (Å²) in [4.78, 5) is 14.9. The minimum absolute atomic E-state index is 0.0544. The van der Waals surface area contributed by atoms with E-state index < -0.39 is 0 Å². The van der Waals surface area contributed by atoms with Crippen LogP contribution in [0.4, 0.5) is 0 Å². The number of para-hydroxylation sites is 1. The first-order valence-corrected chi connectivity index (χ1v) is 7.27. The third-order valence-corrected chi connectivity index (χ3v) is 4.66. The Morgan fingerprint density at radius 2 is 2.10 bits per heavy atom. The number of hydrogen-bond donors (Lipinski definition) is 2. The summed E-state index contributed by atoms with van der Waals surface area (Å²) in [6.45, 7) is 3.35. The van der Waals surface area contributed by atoms with Crippen LogP contribution in [0.3, 0.4) is 0 Å². The Morgan fingerprint density at radius 1 is 1.30 bits per heavy atom. The number of benzene rings is 1. The summed E-state index contributed by atoms with van der Waals surface area (Å²) in [5.41, 5.74) is 1.42. The fraction of sp³-hybridized carbons (Fsp3) is 0.467. The maximum atomic E-state index is 12.5. The van der Waals surface area contributed by atoms with Crippen LogP contribution in [0.25, 0.3) is 10.9 Å². The van der Waals surface area contributed by atoms with Crippen molar-refractivity contribution in [2.45, 2.75) is 18.9 Å². The van der Waals surface area contributed by atoms with Crippen molar-refractivity contribution >= 4 is 16.8 Å². The average Bonchev–Trinajstić information content (AvgIpc) is 2.92. The number of amides is 1. The lowest BCUT2D eigenvalue weighted by molar-refractivity contribution is 0.0618. The number of fused-ring (bicyclic) bond motifs is 4. The molecule has 2 bridgehead atoms. The maximum Gasteiger partial charge on any atom is 0.272 e. The normalized spacial score (nSPS) is 28.7. The fourth-order valence-electron chi connectivity index (χ4n) is 3.50. The Hall–Kier alpha value is -1.88. The van der Waals surface area contributed by atoms with Crippen molar-refractivity contribution in [2.24, 2.45) is 5.92 Å². The minimum atomic E-state index is -0.0544. The number of carbonyl (C=O) groups is 1. The smallest absolute Gasteiger partial charge is 0.272 e. The molecule has 1 aromatic carbocycles. The van der Waals surface area contributed by atoms with Gasteiger partial charge >= 0.3 is 0 Å². The van der Waals surface area contributed by atoms with Crippen molar-refractivity contribution in [3.63, 3.8) is 0 Å². The number of piperidine rings is 3. The molecule has 3 aliphatic heterocycles. The molecule has 5 rings (SSSR count). The second-order valence-electron chi connectivity index (χ2n) is 5.84. The highest BCUT2D eigenvalue weighted by Crippen LogP contribution is 2.27. The van der Waals surface area contributed by atoms with Crippen LogP contribution in [0.15, 0.2) is 24.3 Å². The van der Waals surface area contributed by atoms with Crippen molar-refractivity contribution < 1.29 is 4.79 Å². The zero-order chi connectivity index (χ0) is 13.5. The molecule has 2 N–H and O–H groups in total. The van der Waals surface area contributed by atoms with Crippen LogP contribution in [-0.2, 0) is 0 Å². The molecule has 104 valence electrons. The average molecular weight is 270 g/mol. The molecule has 0 radical (unpaired) electrons. The summed E-state index contributed by atoms with van der Waals surface area (Å²) in [6, 6.07) is 8.02. The number of hydrogen-bond acceptors (Lipinski definition) is 3. The fourth-order valence-corrected chi connectivity index (χ4v) is 3.50. The van der Waals surface area contributed by atoms with E-state index in [9.17, 15) is 4.79 Å². The van der Waals surface area contributed by atoms with Gasteiger partial charge in [0.05, 0.1) is 5.52 Å². The van der Waals surface area contributed by atoms with Gasteiger partial charge < -0.3 is 10.2 Å². The minimum Gasteiger partial charge on any atom is -0.346 e. The molecular formula is C15H18N4O. The van der Waals surface area contributed by atoms with Crippen molar-refractivity contribution in [1.82, 2.24) is 20.4 Å². The highest BCUT2D eigenvalue weighted by atomic mass is 16.2. The molecule has 5 heteroatoms. The maximum absolute atomic E-state index is 12.5. The zero-order valence-corrected chi connectivity index (χ0v) is 11.3. The number of aromatic nitrogens is 2. The third kappa shape index (κ3) is 1.89. The number of carbonyl (C=O) groups excluding carboxylic acids is 1. The van der Waals surface area contributed by atoms with Gasteiger partial charge in [0.2, 0.25) is 0 Å². The molecule has 2 aromatic rings. The van der Waals surface area contributed by atoms with Crippen molar-refractivity contribution in [1.29, 1.82) is 0 Å². The van der Waals surface area contributed by atoms with E-state index in [1.165, 1.54) is 25.9 Å². The summed E-state index contributed by atoms with van der Waals surface area (Å²) < 4.78 is 0. The van der Waals surface area contributed by atoms with E-state index >= 15 is 0 Å². The van der Waals surface area contributed by atoms with Gasteiger partial charge in [0, 0.05) is 18.0 Å². The van der Waals surface area contributed by atoms with E-state index in [4.69, 9.17) is 0 Å². The van der Waals surface area contributed by atoms with Crippen LogP contribution >= 0.6 is 0 Å². The number of rotatable bonds is 2. The first kappa shape index (κ1) is 11.9. The summed E-state index contributed by atoms with van der Waals surface area (Å²) in [6.07, 6.45) is 2.40. The standard InChI is InChI=1S/C15H18N4O/c20-15(14-11-3-1-2-4-12(11)17-18-14)16-13-9-19-7-5-10(13)6-8-19/h1-4,10,13H,5-9H2,(H,16,20)(H,17,18). The van der Waals surface area contributed by atoms with Gasteiger partial charge in [0.25, 0.3) is 5.91 Å². The van der Waals surface area contributed by atoms with Gasteiger partial charge in [0.15, 0.2) is 5.69 Å². The van der Waals surface area contributed by atoms with Crippen LogP contribution in [-0.4, -0.2) is 46.7 Å². The molecule has 4 heterocycles. The Kier molecular flexibility index (Phi) is 2.73. The summed E-state index contributed by atoms with van der Waals surface area (Å²) in [5.74, 6) is 0.579. The van der Waals surface area contributed by atoms with Gasteiger partial charge in [0.1, 0.15) is 0 Å². The van der Waals surface area contributed by atoms with E-state index in [1.54, 1.807) is 0 Å². The van der Waals surface area contributed by atoms with Gasteiger partial charge in [-0.2, -0.15) is 5.10 Å². The Labute approximate surface area is 117 Å².